The predicted molar refractivity (Wildman–Crippen MR) is 102 cm³/mol. The van der Waals surface area contributed by atoms with Gasteiger partial charge in [-0.3, -0.25) is 5.32 Å². The molecule has 0 bridgehead atoms. The first-order valence-electron chi connectivity index (χ1n) is 8.70. The number of carbonyl (C=O) groups is 1. The summed E-state index contributed by atoms with van der Waals surface area (Å²) in [6.07, 6.45) is 4.39. The number of nitrogens with one attached hydrogen (secondary N) is 1. The summed E-state index contributed by atoms with van der Waals surface area (Å²) in [4.78, 5) is 16.5. The third-order valence-electron chi connectivity index (χ3n) is 4.16. The molecule has 5 heteroatoms. The van der Waals surface area contributed by atoms with Crippen LogP contribution >= 0.6 is 0 Å². The van der Waals surface area contributed by atoms with Crippen molar-refractivity contribution in [2.75, 3.05) is 5.32 Å². The van der Waals surface area contributed by atoms with Crippen LogP contribution in [0.2, 0.25) is 0 Å². The fraction of sp³-hybridized carbons (Fsp3) is 0.238. The highest BCUT2D eigenvalue weighted by Crippen LogP contribution is 2.22. The number of anilines is 1. The van der Waals surface area contributed by atoms with Gasteiger partial charge in [0.05, 0.1) is 12.9 Å². The van der Waals surface area contributed by atoms with Gasteiger partial charge in [-0.15, -0.1) is 0 Å². The van der Waals surface area contributed by atoms with Crippen molar-refractivity contribution in [2.24, 2.45) is 0 Å². The molecule has 0 radical (unpaired) electrons. The van der Waals surface area contributed by atoms with Crippen LogP contribution in [0.4, 0.5) is 10.5 Å². The maximum atomic E-state index is 12.4. The zero-order chi connectivity index (χ0) is 18.4. The van der Waals surface area contributed by atoms with Crippen molar-refractivity contribution in [3.63, 3.8) is 0 Å². The third kappa shape index (κ3) is 4.72. The summed E-state index contributed by atoms with van der Waals surface area (Å²) in [5, 5.41) is 2.83. The summed E-state index contributed by atoms with van der Waals surface area (Å²) in [7, 11) is 0. The van der Waals surface area contributed by atoms with E-state index in [1.54, 1.807) is 12.5 Å². The first-order chi connectivity index (χ1) is 12.6. The van der Waals surface area contributed by atoms with Gasteiger partial charge < -0.3 is 9.30 Å². The highest BCUT2D eigenvalue weighted by molar-refractivity contribution is 5.84. The molecule has 1 N–H and O–H groups in total. The Balaban J connectivity index is 1.72. The monoisotopic (exact) mass is 349 g/mol. The van der Waals surface area contributed by atoms with Crippen LogP contribution in [0, 0.1) is 0 Å². The molecule has 3 aromatic rings. The number of amides is 1. The molecule has 0 saturated heterocycles. The van der Waals surface area contributed by atoms with Crippen LogP contribution in [0.15, 0.2) is 73.3 Å². The number of hydrogen-bond acceptors (Lipinski definition) is 3. The topological polar surface area (TPSA) is 56.1 Å². The van der Waals surface area contributed by atoms with Gasteiger partial charge in [-0.2, -0.15) is 0 Å². The number of hydrogen-bond donors (Lipinski definition) is 1. The lowest BCUT2D eigenvalue weighted by Crippen LogP contribution is -2.20. The van der Waals surface area contributed by atoms with Crippen LogP contribution < -0.4 is 5.32 Å². The molecule has 0 saturated carbocycles. The van der Waals surface area contributed by atoms with Crippen molar-refractivity contribution in [3.8, 4) is 0 Å². The third-order valence-corrected chi connectivity index (χ3v) is 4.16. The van der Waals surface area contributed by atoms with Crippen molar-refractivity contribution < 1.29 is 9.53 Å². The average molecular weight is 349 g/mol. The number of aromatic nitrogens is 2. The van der Waals surface area contributed by atoms with Crippen LogP contribution in [0.1, 0.15) is 37.0 Å². The largest absolute Gasteiger partial charge is 0.439 e. The fourth-order valence-electron chi connectivity index (χ4n) is 2.72. The number of nitrogens with zero attached hydrogens (tertiary/aromatic N) is 2. The van der Waals surface area contributed by atoms with Gasteiger partial charge in [0.25, 0.3) is 0 Å². The molecule has 134 valence electrons. The van der Waals surface area contributed by atoms with Crippen LogP contribution in [0.25, 0.3) is 0 Å². The number of rotatable bonds is 6. The van der Waals surface area contributed by atoms with E-state index < -0.39 is 12.2 Å². The minimum atomic E-state index is -0.472. The Morgan fingerprint density at radius 2 is 1.88 bits per heavy atom. The lowest BCUT2D eigenvalue weighted by molar-refractivity contribution is 0.0997. The molecular weight excluding hydrogens is 326 g/mol. The van der Waals surface area contributed by atoms with Crippen LogP contribution in [0.5, 0.6) is 0 Å². The maximum Gasteiger partial charge on any atom is 0.412 e. The smallest absolute Gasteiger partial charge is 0.412 e. The Bertz CT molecular complexity index is 829. The number of carbonyl (C=O) groups excluding carboxylic acids is 1. The Labute approximate surface area is 153 Å². The first kappa shape index (κ1) is 17.7. The zero-order valence-corrected chi connectivity index (χ0v) is 15.0. The predicted octanol–water partition coefficient (Wildman–Crippen LogP) is 5.00. The molecule has 26 heavy (non-hydrogen) atoms. The number of ether oxygens (including phenoxy) is 1. The van der Waals surface area contributed by atoms with E-state index in [1.807, 2.05) is 65.4 Å². The molecule has 0 aliphatic heterocycles. The molecule has 0 aliphatic carbocycles. The molecule has 5 nitrogen and oxygen atoms in total. The molecule has 1 aromatic heterocycles. The minimum Gasteiger partial charge on any atom is -0.439 e. The number of benzene rings is 2. The van der Waals surface area contributed by atoms with Gasteiger partial charge in [0.15, 0.2) is 0 Å². The fourth-order valence-corrected chi connectivity index (χ4v) is 2.72. The first-order valence-corrected chi connectivity index (χ1v) is 8.70. The molecule has 1 unspecified atom stereocenters. The summed E-state index contributed by atoms with van der Waals surface area (Å²) < 4.78 is 7.61. The van der Waals surface area contributed by atoms with Crippen molar-refractivity contribution in [3.05, 3.63) is 84.4 Å². The second kappa shape index (κ2) is 8.34. The van der Waals surface area contributed by atoms with Crippen molar-refractivity contribution in [1.82, 2.24) is 9.55 Å². The SMILES string of the molecule is CC(C)c1cccc(NC(=O)OC(Cn2ccnc2)c2ccccc2)c1. The van der Waals surface area contributed by atoms with E-state index in [4.69, 9.17) is 4.74 Å². The highest BCUT2D eigenvalue weighted by atomic mass is 16.6. The molecule has 0 fully saturated rings. The molecule has 1 atom stereocenters. The Morgan fingerprint density at radius 3 is 2.58 bits per heavy atom. The zero-order valence-electron chi connectivity index (χ0n) is 15.0. The van der Waals surface area contributed by atoms with Crippen LogP contribution in [-0.2, 0) is 11.3 Å². The molecule has 0 aliphatic rings. The lowest BCUT2D eigenvalue weighted by atomic mass is 10.0. The average Bonchev–Trinajstić information content (AvgIpc) is 3.15. The minimum absolute atomic E-state index is 0.395. The van der Waals surface area contributed by atoms with E-state index in [0.717, 1.165) is 11.3 Å². The summed E-state index contributed by atoms with van der Waals surface area (Å²) in [6, 6.07) is 17.5. The van der Waals surface area contributed by atoms with Crippen LogP contribution in [-0.4, -0.2) is 15.6 Å². The van der Waals surface area contributed by atoms with E-state index in [0.29, 0.717) is 12.5 Å². The van der Waals surface area contributed by atoms with Crippen molar-refractivity contribution in [1.29, 1.82) is 0 Å². The molecular formula is C21H23N3O2. The molecule has 2 aromatic carbocycles. The van der Waals surface area contributed by atoms with E-state index >= 15 is 0 Å². The summed E-state index contributed by atoms with van der Waals surface area (Å²) >= 11 is 0. The quantitative estimate of drug-likeness (QED) is 0.681. The molecule has 3 rings (SSSR count). The molecule has 0 spiro atoms. The second-order valence-corrected chi connectivity index (χ2v) is 6.47. The van der Waals surface area contributed by atoms with Crippen molar-refractivity contribution >= 4 is 11.8 Å². The van der Waals surface area contributed by atoms with E-state index in [-0.39, 0.29) is 0 Å². The second-order valence-electron chi connectivity index (χ2n) is 6.47. The van der Waals surface area contributed by atoms with Gasteiger partial charge in [0.2, 0.25) is 0 Å². The van der Waals surface area contributed by atoms with E-state index in [9.17, 15) is 4.79 Å². The van der Waals surface area contributed by atoms with Gasteiger partial charge >= 0.3 is 6.09 Å². The standard InChI is InChI=1S/C21H23N3O2/c1-16(2)18-9-6-10-19(13-18)23-21(25)26-20(14-24-12-11-22-15-24)17-7-4-3-5-8-17/h3-13,15-16,20H,14H2,1-2H3,(H,23,25). The van der Waals surface area contributed by atoms with Gasteiger partial charge in [-0.25, -0.2) is 9.78 Å². The highest BCUT2D eigenvalue weighted by Gasteiger charge is 2.17. The van der Waals surface area contributed by atoms with E-state index in [2.05, 4.69) is 24.1 Å². The van der Waals surface area contributed by atoms with Gasteiger partial charge in [0.1, 0.15) is 6.10 Å². The normalized spacial score (nSPS) is 12.0. The van der Waals surface area contributed by atoms with Gasteiger partial charge in [0, 0.05) is 18.1 Å². The summed E-state index contributed by atoms with van der Waals surface area (Å²) in [5.41, 5.74) is 2.84. The Hall–Kier alpha value is -3.08. The van der Waals surface area contributed by atoms with E-state index in [1.165, 1.54) is 5.56 Å². The summed E-state index contributed by atoms with van der Waals surface area (Å²) in [6.45, 7) is 4.74. The Morgan fingerprint density at radius 1 is 1.12 bits per heavy atom. The maximum absolute atomic E-state index is 12.4. The van der Waals surface area contributed by atoms with Gasteiger partial charge in [-0.05, 0) is 29.2 Å². The van der Waals surface area contributed by atoms with Crippen molar-refractivity contribution in [2.45, 2.75) is 32.4 Å². The molecule has 1 heterocycles. The lowest BCUT2D eigenvalue weighted by Gasteiger charge is -2.19. The Kier molecular flexibility index (Phi) is 5.69. The molecule has 1 amide bonds. The number of imidazole rings is 1. The summed E-state index contributed by atoms with van der Waals surface area (Å²) in [5.74, 6) is 0.395. The van der Waals surface area contributed by atoms with Gasteiger partial charge in [-0.1, -0.05) is 56.3 Å². The van der Waals surface area contributed by atoms with Crippen LogP contribution in [0.3, 0.4) is 0 Å².